The number of nitrogens with two attached hydrogens (primary N) is 1. The Hall–Kier alpha value is -3.03. The van der Waals surface area contributed by atoms with Crippen LogP contribution in [0.1, 0.15) is 0 Å². The van der Waals surface area contributed by atoms with Crippen LogP contribution in [-0.2, 0) is 0 Å². The lowest BCUT2D eigenvalue weighted by atomic mass is 9.90. The predicted octanol–water partition coefficient (Wildman–Crippen LogP) is 6.92. The van der Waals surface area contributed by atoms with Crippen LogP contribution in [0, 0.1) is 0 Å². The van der Waals surface area contributed by atoms with Crippen molar-refractivity contribution in [1.82, 2.24) is 0 Å². The summed E-state index contributed by atoms with van der Waals surface area (Å²) >= 11 is 6.27. The third-order valence-electron chi connectivity index (χ3n) is 4.52. The zero-order valence-corrected chi connectivity index (χ0v) is 14.9. The highest BCUT2D eigenvalue weighted by Gasteiger charge is 2.12. The molecule has 0 aliphatic heterocycles. The molecule has 126 valence electrons. The molecule has 0 fully saturated rings. The van der Waals surface area contributed by atoms with Gasteiger partial charge in [0.25, 0.3) is 0 Å². The van der Waals surface area contributed by atoms with Crippen LogP contribution in [0.4, 0.5) is 5.69 Å². The Labute approximate surface area is 158 Å². The largest absolute Gasteiger partial charge is 0.398 e. The minimum Gasteiger partial charge on any atom is -0.398 e. The van der Waals surface area contributed by atoms with Crippen LogP contribution in [0.5, 0.6) is 0 Å². The molecule has 0 atom stereocenters. The maximum absolute atomic E-state index is 6.30. The highest BCUT2D eigenvalue weighted by Crippen LogP contribution is 2.39. The van der Waals surface area contributed by atoms with Gasteiger partial charge in [-0.3, -0.25) is 0 Å². The van der Waals surface area contributed by atoms with Gasteiger partial charge in [0, 0.05) is 16.3 Å². The van der Waals surface area contributed by atoms with Gasteiger partial charge in [0.1, 0.15) is 0 Å². The standard InChI is InChI=1S/C24H18ClN/c25-20-12-14-24(26)23(16-20)22-15-19(17-7-3-1-4-8-17)11-13-21(22)18-9-5-2-6-10-18/h1-16H,26H2. The van der Waals surface area contributed by atoms with E-state index in [-0.39, 0.29) is 0 Å². The zero-order chi connectivity index (χ0) is 17.9. The van der Waals surface area contributed by atoms with E-state index in [0.29, 0.717) is 5.02 Å². The first-order valence-corrected chi connectivity index (χ1v) is 8.90. The summed E-state index contributed by atoms with van der Waals surface area (Å²) in [7, 11) is 0. The number of nitrogen functional groups attached to an aromatic ring is 1. The molecule has 0 radical (unpaired) electrons. The Morgan fingerprint density at radius 2 is 1.15 bits per heavy atom. The first-order chi connectivity index (χ1) is 12.7. The maximum Gasteiger partial charge on any atom is 0.0413 e. The van der Waals surface area contributed by atoms with E-state index in [4.69, 9.17) is 17.3 Å². The van der Waals surface area contributed by atoms with Gasteiger partial charge in [-0.2, -0.15) is 0 Å². The van der Waals surface area contributed by atoms with Gasteiger partial charge in [0.05, 0.1) is 0 Å². The molecule has 1 nitrogen and oxygen atoms in total. The number of hydrogen-bond acceptors (Lipinski definition) is 1. The van der Waals surface area contributed by atoms with Crippen LogP contribution >= 0.6 is 11.6 Å². The molecule has 0 aliphatic carbocycles. The molecule has 0 saturated heterocycles. The number of benzene rings is 4. The Morgan fingerprint density at radius 3 is 1.85 bits per heavy atom. The molecule has 0 amide bonds. The summed E-state index contributed by atoms with van der Waals surface area (Å²) in [4.78, 5) is 0. The van der Waals surface area contributed by atoms with Gasteiger partial charge in [0.2, 0.25) is 0 Å². The summed E-state index contributed by atoms with van der Waals surface area (Å²) < 4.78 is 0. The van der Waals surface area contributed by atoms with Crippen LogP contribution in [0.25, 0.3) is 33.4 Å². The van der Waals surface area contributed by atoms with Crippen molar-refractivity contribution >= 4 is 17.3 Å². The summed E-state index contributed by atoms with van der Waals surface area (Å²) in [6, 6.07) is 32.8. The predicted molar refractivity (Wildman–Crippen MR) is 112 cm³/mol. The smallest absolute Gasteiger partial charge is 0.0413 e. The molecule has 0 aromatic heterocycles. The quantitative estimate of drug-likeness (QED) is 0.396. The Bertz CT molecular complexity index is 1040. The van der Waals surface area contributed by atoms with E-state index in [0.717, 1.165) is 33.5 Å². The van der Waals surface area contributed by atoms with Gasteiger partial charge in [-0.05, 0) is 52.1 Å². The molecule has 0 spiro atoms. The maximum atomic E-state index is 6.30. The number of hydrogen-bond donors (Lipinski definition) is 1. The molecular weight excluding hydrogens is 338 g/mol. The van der Waals surface area contributed by atoms with Crippen molar-refractivity contribution in [2.75, 3.05) is 5.73 Å². The molecule has 2 N–H and O–H groups in total. The van der Waals surface area contributed by atoms with Crippen LogP contribution in [0.3, 0.4) is 0 Å². The lowest BCUT2D eigenvalue weighted by Crippen LogP contribution is -1.93. The summed E-state index contributed by atoms with van der Waals surface area (Å²) in [5, 5.41) is 0.679. The monoisotopic (exact) mass is 355 g/mol. The van der Waals surface area contributed by atoms with Gasteiger partial charge < -0.3 is 5.73 Å². The van der Waals surface area contributed by atoms with Crippen LogP contribution in [-0.4, -0.2) is 0 Å². The minimum absolute atomic E-state index is 0.679. The second-order valence-corrected chi connectivity index (χ2v) is 6.66. The molecule has 0 bridgehead atoms. The average molecular weight is 356 g/mol. The zero-order valence-electron chi connectivity index (χ0n) is 14.2. The Kier molecular flexibility index (Phi) is 4.47. The molecule has 4 rings (SSSR count). The van der Waals surface area contributed by atoms with E-state index in [1.807, 2.05) is 54.6 Å². The molecule has 4 aromatic rings. The highest BCUT2D eigenvalue weighted by molar-refractivity contribution is 6.31. The third kappa shape index (κ3) is 3.22. The van der Waals surface area contributed by atoms with E-state index in [2.05, 4.69) is 42.5 Å². The molecule has 0 saturated carbocycles. The fourth-order valence-electron chi connectivity index (χ4n) is 3.21. The molecule has 0 aliphatic rings. The van der Waals surface area contributed by atoms with Gasteiger partial charge in [-0.15, -0.1) is 0 Å². The first kappa shape index (κ1) is 16.4. The van der Waals surface area contributed by atoms with Crippen molar-refractivity contribution in [3.05, 3.63) is 102 Å². The number of anilines is 1. The molecule has 0 heterocycles. The van der Waals surface area contributed by atoms with E-state index in [1.54, 1.807) is 0 Å². The number of rotatable bonds is 3. The van der Waals surface area contributed by atoms with E-state index in [9.17, 15) is 0 Å². The van der Waals surface area contributed by atoms with Crippen molar-refractivity contribution < 1.29 is 0 Å². The lowest BCUT2D eigenvalue weighted by Gasteiger charge is -2.15. The van der Waals surface area contributed by atoms with Gasteiger partial charge >= 0.3 is 0 Å². The Balaban J connectivity index is 1.97. The molecule has 0 unspecified atom stereocenters. The average Bonchev–Trinajstić information content (AvgIpc) is 2.71. The molecule has 4 aromatic carbocycles. The van der Waals surface area contributed by atoms with Crippen molar-refractivity contribution in [2.45, 2.75) is 0 Å². The Morgan fingerprint density at radius 1 is 0.500 bits per heavy atom. The summed E-state index contributed by atoms with van der Waals surface area (Å²) in [6.07, 6.45) is 0. The summed E-state index contributed by atoms with van der Waals surface area (Å²) in [6.45, 7) is 0. The highest BCUT2D eigenvalue weighted by atomic mass is 35.5. The van der Waals surface area contributed by atoms with Crippen molar-refractivity contribution in [3.8, 4) is 33.4 Å². The second-order valence-electron chi connectivity index (χ2n) is 6.22. The summed E-state index contributed by atoms with van der Waals surface area (Å²) in [5.74, 6) is 0. The van der Waals surface area contributed by atoms with Gasteiger partial charge in [0.15, 0.2) is 0 Å². The van der Waals surface area contributed by atoms with Crippen LogP contribution in [0.2, 0.25) is 5.02 Å². The van der Waals surface area contributed by atoms with Gasteiger partial charge in [-0.1, -0.05) is 84.4 Å². The first-order valence-electron chi connectivity index (χ1n) is 8.53. The SMILES string of the molecule is Nc1ccc(Cl)cc1-c1cc(-c2ccccc2)ccc1-c1ccccc1. The molecule has 2 heteroatoms. The fourth-order valence-corrected chi connectivity index (χ4v) is 3.38. The van der Waals surface area contributed by atoms with E-state index < -0.39 is 0 Å². The minimum atomic E-state index is 0.679. The van der Waals surface area contributed by atoms with Crippen molar-refractivity contribution in [3.63, 3.8) is 0 Å². The van der Waals surface area contributed by atoms with E-state index >= 15 is 0 Å². The molecular formula is C24H18ClN. The summed E-state index contributed by atoms with van der Waals surface area (Å²) in [5.41, 5.74) is 13.7. The van der Waals surface area contributed by atoms with Crippen molar-refractivity contribution in [1.29, 1.82) is 0 Å². The van der Waals surface area contributed by atoms with E-state index in [1.165, 1.54) is 5.56 Å². The third-order valence-corrected chi connectivity index (χ3v) is 4.75. The number of halogens is 1. The van der Waals surface area contributed by atoms with Gasteiger partial charge in [-0.25, -0.2) is 0 Å². The van der Waals surface area contributed by atoms with Crippen LogP contribution < -0.4 is 5.73 Å². The topological polar surface area (TPSA) is 26.0 Å². The fraction of sp³-hybridized carbons (Fsp3) is 0. The normalized spacial score (nSPS) is 10.7. The van der Waals surface area contributed by atoms with Crippen LogP contribution in [0.15, 0.2) is 97.1 Å². The second kappa shape index (κ2) is 7.07. The van der Waals surface area contributed by atoms with Crippen molar-refractivity contribution in [2.24, 2.45) is 0 Å². The lowest BCUT2D eigenvalue weighted by molar-refractivity contribution is 1.56. The molecule has 26 heavy (non-hydrogen) atoms.